The number of carbonyl (C=O) groups excluding carboxylic acids is 2. The molecule has 4 heterocycles. The molecular weight excluding hydrogens is 516 g/mol. The quantitative estimate of drug-likeness (QED) is 0.208. The number of halogens is 1. The first-order valence-corrected chi connectivity index (χ1v) is 13.7. The topological polar surface area (TPSA) is 81.0 Å². The molecule has 187 valence electrons. The van der Waals surface area contributed by atoms with Gasteiger partial charge in [-0.2, -0.15) is 0 Å². The molecule has 0 bridgehead atoms. The molecule has 0 saturated heterocycles. The van der Waals surface area contributed by atoms with E-state index in [-0.39, 0.29) is 17.7 Å². The zero-order valence-electron chi connectivity index (χ0n) is 20.4. The number of hydrogen-bond donors (Lipinski definition) is 3. The number of alkyl halides is 1. The highest BCUT2D eigenvalue weighted by atomic mass is 35.5. The van der Waals surface area contributed by atoms with Crippen LogP contribution in [0.15, 0.2) is 66.0 Å². The molecule has 2 amide bonds. The highest BCUT2D eigenvalue weighted by Crippen LogP contribution is 2.44. The fraction of sp³-hybridized carbons (Fsp3) is 0.133. The predicted octanol–water partition coefficient (Wildman–Crippen LogP) is 7.21. The van der Waals surface area contributed by atoms with Crippen LogP contribution in [0, 0.1) is 13.0 Å². The largest absolute Gasteiger partial charge is 0.351 e. The van der Waals surface area contributed by atoms with Crippen molar-refractivity contribution in [2.24, 2.45) is 0 Å². The van der Waals surface area contributed by atoms with E-state index in [4.69, 9.17) is 11.6 Å². The Morgan fingerprint density at radius 3 is 2.71 bits per heavy atom. The predicted molar refractivity (Wildman–Crippen MR) is 155 cm³/mol. The number of hydrogen-bond acceptors (Lipinski definition) is 3. The summed E-state index contributed by atoms with van der Waals surface area (Å²) < 4.78 is 1.10. The fourth-order valence-corrected chi connectivity index (χ4v) is 6.64. The van der Waals surface area contributed by atoms with Gasteiger partial charge in [0, 0.05) is 67.7 Å². The van der Waals surface area contributed by atoms with Gasteiger partial charge >= 0.3 is 0 Å². The molecule has 1 radical (unpaired) electrons. The van der Waals surface area contributed by atoms with Gasteiger partial charge in [0.05, 0.1) is 0 Å². The van der Waals surface area contributed by atoms with Crippen LogP contribution in [-0.2, 0) is 0 Å². The van der Waals surface area contributed by atoms with Crippen molar-refractivity contribution in [1.82, 2.24) is 9.97 Å². The number of aromatic amines is 2. The number of nitrogens with one attached hydrogen (secondary N) is 3. The van der Waals surface area contributed by atoms with E-state index in [0.29, 0.717) is 29.5 Å². The van der Waals surface area contributed by atoms with Crippen molar-refractivity contribution in [3.63, 3.8) is 0 Å². The molecule has 0 saturated carbocycles. The average Bonchev–Trinajstić information content (AvgIpc) is 3.70. The molecule has 0 spiro atoms. The van der Waals surface area contributed by atoms with Crippen LogP contribution in [0.1, 0.15) is 38.0 Å². The number of nitrogens with zero attached hydrogens (tertiary/aromatic N) is 1. The van der Waals surface area contributed by atoms with Crippen LogP contribution < -0.4 is 10.2 Å². The number of aryl methyl sites for hydroxylation is 1. The minimum absolute atomic E-state index is 0.0665. The number of amides is 2. The Bertz CT molecular complexity index is 1870. The van der Waals surface area contributed by atoms with Crippen LogP contribution in [0.3, 0.4) is 0 Å². The van der Waals surface area contributed by atoms with Gasteiger partial charge in [-0.05, 0) is 65.9 Å². The molecule has 0 unspecified atom stereocenters. The van der Waals surface area contributed by atoms with E-state index in [1.54, 1.807) is 16.2 Å². The van der Waals surface area contributed by atoms with Crippen molar-refractivity contribution >= 4 is 78.0 Å². The third-order valence-electron chi connectivity index (χ3n) is 7.28. The SMILES string of the molecule is Cc1csc2[c]cc3c(c12)[C@@H](CCl)CN3C(=O)c1cc2cc(NC(=O)c3cc4ccccc4[nH]3)ccc2[nH]1. The summed E-state index contributed by atoms with van der Waals surface area (Å²) in [5.41, 5.74) is 6.56. The van der Waals surface area contributed by atoms with Crippen molar-refractivity contribution in [3.05, 3.63) is 94.6 Å². The Morgan fingerprint density at radius 2 is 1.87 bits per heavy atom. The number of carbonyl (C=O) groups is 2. The van der Waals surface area contributed by atoms with E-state index in [1.807, 2.05) is 60.7 Å². The molecule has 0 fully saturated rings. The fourth-order valence-electron chi connectivity index (χ4n) is 5.45. The van der Waals surface area contributed by atoms with Crippen LogP contribution >= 0.6 is 22.9 Å². The summed E-state index contributed by atoms with van der Waals surface area (Å²) in [5.74, 6) is 0.174. The van der Waals surface area contributed by atoms with Crippen molar-refractivity contribution in [3.8, 4) is 0 Å². The number of H-pyrrole nitrogens is 2. The third kappa shape index (κ3) is 3.61. The number of para-hydroxylation sites is 1. The van der Waals surface area contributed by atoms with Gasteiger partial charge in [-0.1, -0.05) is 18.2 Å². The molecule has 6 nitrogen and oxygen atoms in total. The van der Waals surface area contributed by atoms with Crippen molar-refractivity contribution in [2.75, 3.05) is 22.6 Å². The van der Waals surface area contributed by atoms with E-state index < -0.39 is 0 Å². The molecule has 8 heteroatoms. The first-order chi connectivity index (χ1) is 18.5. The molecule has 1 aliphatic heterocycles. The monoisotopic (exact) mass is 537 g/mol. The van der Waals surface area contributed by atoms with E-state index in [9.17, 15) is 9.59 Å². The van der Waals surface area contributed by atoms with Crippen molar-refractivity contribution < 1.29 is 9.59 Å². The maximum Gasteiger partial charge on any atom is 0.274 e. The summed E-state index contributed by atoms with van der Waals surface area (Å²) in [5, 5.41) is 8.07. The Morgan fingerprint density at radius 1 is 1.08 bits per heavy atom. The van der Waals surface area contributed by atoms with Crippen LogP contribution in [0.25, 0.3) is 31.9 Å². The molecule has 1 aliphatic rings. The van der Waals surface area contributed by atoms with Gasteiger partial charge in [0.1, 0.15) is 11.4 Å². The zero-order valence-corrected chi connectivity index (χ0v) is 22.0. The smallest absolute Gasteiger partial charge is 0.274 e. The molecule has 3 aromatic carbocycles. The van der Waals surface area contributed by atoms with E-state index in [2.05, 4.69) is 33.7 Å². The number of rotatable bonds is 4. The molecule has 3 N–H and O–H groups in total. The Labute approximate surface area is 227 Å². The number of aromatic nitrogens is 2. The summed E-state index contributed by atoms with van der Waals surface area (Å²) >= 11 is 8.04. The maximum absolute atomic E-state index is 13.7. The lowest BCUT2D eigenvalue weighted by molar-refractivity contribution is 0.0983. The number of fused-ring (bicyclic) bond motifs is 5. The number of benzene rings is 3. The molecular formula is C30H22ClN4O2S. The van der Waals surface area contributed by atoms with Crippen LogP contribution in [0.4, 0.5) is 11.4 Å². The molecule has 6 aromatic rings. The minimum atomic E-state index is -0.223. The second kappa shape index (κ2) is 8.75. The number of thiophene rings is 1. The lowest BCUT2D eigenvalue weighted by Crippen LogP contribution is -2.30. The highest BCUT2D eigenvalue weighted by Gasteiger charge is 2.35. The lowest BCUT2D eigenvalue weighted by Gasteiger charge is -2.16. The molecule has 7 rings (SSSR count). The molecule has 0 aliphatic carbocycles. The molecule has 1 atom stereocenters. The lowest BCUT2D eigenvalue weighted by atomic mass is 9.97. The standard InChI is InChI=1S/C30H22ClN4O2S/c1-16-15-38-26-9-8-25-28(27(16)26)19(13-31)14-35(25)30(37)24-12-18-10-20(6-7-22(18)34-24)32-29(36)23-11-17-4-2-3-5-21(17)33-23/h2-8,10-12,15,19,33-34H,13-14H2,1H3,(H,32,36)/t19-/m0/s1. The van der Waals surface area contributed by atoms with Gasteiger partial charge in [-0.3, -0.25) is 9.59 Å². The van der Waals surface area contributed by atoms with Gasteiger partial charge in [-0.15, -0.1) is 22.9 Å². The normalized spacial score (nSPS) is 15.0. The molecule has 38 heavy (non-hydrogen) atoms. The Balaban J connectivity index is 1.18. The Kier molecular flexibility index (Phi) is 5.32. The summed E-state index contributed by atoms with van der Waals surface area (Å²) in [6.07, 6.45) is 0. The first-order valence-electron chi connectivity index (χ1n) is 12.3. The van der Waals surface area contributed by atoms with Crippen LogP contribution in [0.5, 0.6) is 0 Å². The van der Waals surface area contributed by atoms with Crippen molar-refractivity contribution in [2.45, 2.75) is 12.8 Å². The zero-order chi connectivity index (χ0) is 26.0. The van der Waals surface area contributed by atoms with E-state index in [1.165, 1.54) is 10.9 Å². The molecule has 3 aromatic heterocycles. The second-order valence-electron chi connectivity index (χ2n) is 9.69. The van der Waals surface area contributed by atoms with Gasteiger partial charge in [0.2, 0.25) is 0 Å². The summed E-state index contributed by atoms with van der Waals surface area (Å²) in [6, 6.07) is 22.3. The van der Waals surface area contributed by atoms with E-state index >= 15 is 0 Å². The third-order valence-corrected chi connectivity index (χ3v) is 8.68. The van der Waals surface area contributed by atoms with Gasteiger partial charge in [0.15, 0.2) is 0 Å². The van der Waals surface area contributed by atoms with Crippen LogP contribution in [0.2, 0.25) is 0 Å². The summed E-state index contributed by atoms with van der Waals surface area (Å²) in [6.45, 7) is 2.62. The number of anilines is 2. The Hall–Kier alpha value is -4.07. The van der Waals surface area contributed by atoms with Crippen LogP contribution in [-0.4, -0.2) is 34.2 Å². The average molecular weight is 538 g/mol. The van der Waals surface area contributed by atoms with Gasteiger partial charge in [0.25, 0.3) is 11.8 Å². The highest BCUT2D eigenvalue weighted by molar-refractivity contribution is 7.17. The minimum Gasteiger partial charge on any atom is -0.351 e. The first kappa shape index (κ1) is 23.1. The van der Waals surface area contributed by atoms with Gasteiger partial charge < -0.3 is 20.2 Å². The summed E-state index contributed by atoms with van der Waals surface area (Å²) in [4.78, 5) is 34.8. The van der Waals surface area contributed by atoms with E-state index in [0.717, 1.165) is 37.8 Å². The van der Waals surface area contributed by atoms with Gasteiger partial charge in [-0.25, -0.2) is 0 Å². The van der Waals surface area contributed by atoms with Crippen molar-refractivity contribution in [1.29, 1.82) is 0 Å². The second-order valence-corrected chi connectivity index (χ2v) is 10.9. The summed E-state index contributed by atoms with van der Waals surface area (Å²) in [7, 11) is 0. The maximum atomic E-state index is 13.7.